The molecule has 4 nitrogen and oxygen atoms in total. The third-order valence-corrected chi connectivity index (χ3v) is 4.28. The average Bonchev–Trinajstić information content (AvgIpc) is 2.74. The molecule has 4 heteroatoms. The largest absolute Gasteiger partial charge is 0.494 e. The van der Waals surface area contributed by atoms with Gasteiger partial charge in [-0.3, -0.25) is 0 Å². The number of ether oxygens (including phenoxy) is 2. The van der Waals surface area contributed by atoms with Crippen molar-refractivity contribution in [2.24, 2.45) is 0 Å². The van der Waals surface area contributed by atoms with Crippen LogP contribution >= 0.6 is 0 Å². The first-order chi connectivity index (χ1) is 13.2. The summed E-state index contributed by atoms with van der Waals surface area (Å²) >= 11 is 0. The van der Waals surface area contributed by atoms with Gasteiger partial charge < -0.3 is 9.47 Å². The van der Waals surface area contributed by atoms with Gasteiger partial charge in [-0.2, -0.15) is 5.26 Å². The summed E-state index contributed by atoms with van der Waals surface area (Å²) in [5.41, 5.74) is 4.46. The quantitative estimate of drug-likeness (QED) is 0.525. The van der Waals surface area contributed by atoms with Gasteiger partial charge in [0.05, 0.1) is 31.0 Å². The van der Waals surface area contributed by atoms with Crippen molar-refractivity contribution in [3.63, 3.8) is 0 Å². The maximum Gasteiger partial charge on any atom is 0.214 e. The smallest absolute Gasteiger partial charge is 0.214 e. The summed E-state index contributed by atoms with van der Waals surface area (Å²) < 4.78 is 11.1. The zero-order chi connectivity index (χ0) is 19.1. The fourth-order valence-electron chi connectivity index (χ4n) is 2.72. The zero-order valence-electron chi connectivity index (χ0n) is 15.6. The van der Waals surface area contributed by atoms with E-state index in [9.17, 15) is 0 Å². The molecule has 1 aromatic heterocycles. The maximum absolute atomic E-state index is 8.97. The number of benzene rings is 2. The second kappa shape index (κ2) is 8.86. The van der Waals surface area contributed by atoms with Gasteiger partial charge in [-0.1, -0.05) is 25.5 Å². The summed E-state index contributed by atoms with van der Waals surface area (Å²) in [5.74, 6) is 1.41. The maximum atomic E-state index is 8.97. The van der Waals surface area contributed by atoms with Crippen LogP contribution in [0.25, 0.3) is 22.4 Å². The van der Waals surface area contributed by atoms with E-state index in [1.807, 2.05) is 60.7 Å². The molecule has 3 aromatic rings. The molecule has 2 aromatic carbocycles. The molecule has 0 aliphatic carbocycles. The highest BCUT2D eigenvalue weighted by atomic mass is 16.5. The normalized spacial score (nSPS) is 10.3. The molecule has 0 atom stereocenters. The molecule has 0 aliphatic heterocycles. The van der Waals surface area contributed by atoms with Crippen LogP contribution in [-0.2, 0) is 0 Å². The van der Waals surface area contributed by atoms with E-state index in [0.717, 1.165) is 47.6 Å². The van der Waals surface area contributed by atoms with E-state index < -0.39 is 0 Å². The predicted molar refractivity (Wildman–Crippen MR) is 107 cm³/mol. The van der Waals surface area contributed by atoms with E-state index >= 15 is 0 Å². The highest BCUT2D eigenvalue weighted by Crippen LogP contribution is 2.29. The molecular formula is C23H22N2O2. The van der Waals surface area contributed by atoms with Crippen molar-refractivity contribution in [3.05, 3.63) is 66.2 Å². The SMILES string of the molecule is CCCCOc1ccc(-c2cc(-c3ccc(C#N)cc3)cc(OC)n2)cc1. The Morgan fingerprint density at radius 1 is 0.926 bits per heavy atom. The lowest BCUT2D eigenvalue weighted by Crippen LogP contribution is -1.96. The minimum Gasteiger partial charge on any atom is -0.494 e. The van der Waals surface area contributed by atoms with E-state index in [4.69, 9.17) is 14.7 Å². The van der Waals surface area contributed by atoms with Crippen LogP contribution in [0.4, 0.5) is 0 Å². The molecule has 0 aliphatic rings. The number of nitrogens with zero attached hydrogens (tertiary/aromatic N) is 2. The molecule has 3 rings (SSSR count). The number of methoxy groups -OCH3 is 1. The summed E-state index contributed by atoms with van der Waals surface area (Å²) in [5, 5.41) is 8.97. The van der Waals surface area contributed by atoms with Crippen molar-refractivity contribution < 1.29 is 9.47 Å². The second-order valence-corrected chi connectivity index (χ2v) is 6.20. The Morgan fingerprint density at radius 3 is 2.26 bits per heavy atom. The van der Waals surface area contributed by atoms with Gasteiger partial charge in [0.2, 0.25) is 5.88 Å². The van der Waals surface area contributed by atoms with Crippen LogP contribution in [0.1, 0.15) is 25.3 Å². The molecule has 0 N–H and O–H groups in total. The van der Waals surface area contributed by atoms with Crippen molar-refractivity contribution in [2.45, 2.75) is 19.8 Å². The van der Waals surface area contributed by atoms with Gasteiger partial charge >= 0.3 is 0 Å². The summed E-state index contributed by atoms with van der Waals surface area (Å²) in [6.07, 6.45) is 2.16. The summed E-state index contributed by atoms with van der Waals surface area (Å²) in [6, 6.07) is 21.5. The Bertz CT molecular complexity index is 926. The lowest BCUT2D eigenvalue weighted by molar-refractivity contribution is 0.309. The van der Waals surface area contributed by atoms with Crippen molar-refractivity contribution >= 4 is 0 Å². The van der Waals surface area contributed by atoms with E-state index in [2.05, 4.69) is 18.0 Å². The average molecular weight is 358 g/mol. The number of hydrogen-bond donors (Lipinski definition) is 0. The van der Waals surface area contributed by atoms with Crippen LogP contribution in [0.2, 0.25) is 0 Å². The highest BCUT2D eigenvalue weighted by Gasteiger charge is 2.08. The number of rotatable bonds is 7. The molecule has 27 heavy (non-hydrogen) atoms. The molecule has 0 unspecified atom stereocenters. The van der Waals surface area contributed by atoms with Gasteiger partial charge in [-0.15, -0.1) is 0 Å². The standard InChI is InChI=1S/C23H22N2O2/c1-3-4-13-27-21-11-9-19(10-12-21)22-14-20(15-23(25-22)26-2)18-7-5-17(16-24)6-8-18/h5-12,14-15H,3-4,13H2,1-2H3. The molecule has 0 radical (unpaired) electrons. The lowest BCUT2D eigenvalue weighted by Gasteiger charge is -2.10. The second-order valence-electron chi connectivity index (χ2n) is 6.20. The van der Waals surface area contributed by atoms with Gasteiger partial charge in [0.1, 0.15) is 5.75 Å². The van der Waals surface area contributed by atoms with Gasteiger partial charge in [-0.25, -0.2) is 4.98 Å². The third-order valence-electron chi connectivity index (χ3n) is 4.28. The Hall–Kier alpha value is -3.32. The first kappa shape index (κ1) is 18.5. The summed E-state index contributed by atoms with van der Waals surface area (Å²) in [6.45, 7) is 2.88. The van der Waals surface area contributed by atoms with Crippen molar-refractivity contribution in [1.82, 2.24) is 4.98 Å². The monoisotopic (exact) mass is 358 g/mol. The van der Waals surface area contributed by atoms with Crippen LogP contribution in [-0.4, -0.2) is 18.7 Å². The van der Waals surface area contributed by atoms with Crippen LogP contribution in [0.5, 0.6) is 11.6 Å². The first-order valence-corrected chi connectivity index (χ1v) is 9.03. The van der Waals surface area contributed by atoms with Crippen molar-refractivity contribution in [1.29, 1.82) is 5.26 Å². The minimum absolute atomic E-state index is 0.551. The zero-order valence-corrected chi connectivity index (χ0v) is 15.6. The molecule has 0 amide bonds. The van der Waals surface area contributed by atoms with Crippen molar-refractivity contribution in [3.8, 4) is 40.1 Å². The molecule has 136 valence electrons. The Morgan fingerprint density at radius 2 is 1.63 bits per heavy atom. The highest BCUT2D eigenvalue weighted by molar-refractivity contribution is 5.72. The topological polar surface area (TPSA) is 55.1 Å². The molecular weight excluding hydrogens is 336 g/mol. The van der Waals surface area contributed by atoms with Crippen LogP contribution in [0.3, 0.4) is 0 Å². The van der Waals surface area contributed by atoms with E-state index in [0.29, 0.717) is 11.4 Å². The third kappa shape index (κ3) is 4.65. The van der Waals surface area contributed by atoms with Gasteiger partial charge in [0, 0.05) is 11.6 Å². The predicted octanol–water partition coefficient (Wildman–Crippen LogP) is 5.47. The number of nitriles is 1. The Labute approximate surface area is 160 Å². The number of unbranched alkanes of at least 4 members (excludes halogenated alkanes) is 1. The van der Waals surface area contributed by atoms with E-state index in [1.165, 1.54) is 0 Å². The molecule has 0 spiro atoms. The van der Waals surface area contributed by atoms with Crippen molar-refractivity contribution in [2.75, 3.05) is 13.7 Å². The molecule has 0 bridgehead atoms. The van der Waals surface area contributed by atoms with E-state index in [1.54, 1.807) is 7.11 Å². The van der Waals surface area contributed by atoms with E-state index in [-0.39, 0.29) is 0 Å². The Balaban J connectivity index is 1.90. The fourth-order valence-corrected chi connectivity index (χ4v) is 2.72. The van der Waals surface area contributed by atoms with Crippen LogP contribution in [0, 0.1) is 11.3 Å². The molecule has 0 saturated carbocycles. The lowest BCUT2D eigenvalue weighted by atomic mass is 10.0. The summed E-state index contributed by atoms with van der Waals surface area (Å²) in [4.78, 5) is 4.57. The minimum atomic E-state index is 0.551. The number of pyridine rings is 1. The Kier molecular flexibility index (Phi) is 6.06. The van der Waals surface area contributed by atoms with Gasteiger partial charge in [0.25, 0.3) is 0 Å². The number of aromatic nitrogens is 1. The van der Waals surface area contributed by atoms with Gasteiger partial charge in [0.15, 0.2) is 0 Å². The number of hydrogen-bond acceptors (Lipinski definition) is 4. The van der Waals surface area contributed by atoms with Crippen LogP contribution in [0.15, 0.2) is 60.7 Å². The fraction of sp³-hybridized carbons (Fsp3) is 0.217. The van der Waals surface area contributed by atoms with Gasteiger partial charge in [-0.05, 0) is 60.0 Å². The molecule has 0 saturated heterocycles. The summed E-state index contributed by atoms with van der Waals surface area (Å²) in [7, 11) is 1.61. The molecule has 1 heterocycles. The first-order valence-electron chi connectivity index (χ1n) is 9.03. The molecule has 0 fully saturated rings. The van der Waals surface area contributed by atoms with Crippen LogP contribution < -0.4 is 9.47 Å².